The number of nitrogens with one attached hydrogen (secondary N) is 1. The van der Waals surface area contributed by atoms with Crippen LogP contribution >= 0.6 is 0 Å². The Hall–Kier alpha value is -1.48. The van der Waals surface area contributed by atoms with E-state index in [2.05, 4.69) is 51.2 Å². The topological polar surface area (TPSA) is 30.5 Å². The van der Waals surface area contributed by atoms with Gasteiger partial charge in [-0.1, -0.05) is 45.4 Å². The van der Waals surface area contributed by atoms with Crippen molar-refractivity contribution in [2.75, 3.05) is 19.8 Å². The zero-order chi connectivity index (χ0) is 15.2. The van der Waals surface area contributed by atoms with Gasteiger partial charge in [-0.3, -0.25) is 0 Å². The summed E-state index contributed by atoms with van der Waals surface area (Å²) in [6, 6.07) is 6.69. The molecule has 0 spiro atoms. The third kappa shape index (κ3) is 4.78. The Bertz CT molecular complexity index is 492. The van der Waals surface area contributed by atoms with Crippen LogP contribution in [0.1, 0.15) is 39.7 Å². The van der Waals surface area contributed by atoms with Crippen LogP contribution in [0.3, 0.4) is 0 Å². The van der Waals surface area contributed by atoms with Crippen LogP contribution in [0.4, 0.5) is 0 Å². The number of fused-ring (bicyclic) bond motifs is 1. The Morgan fingerprint density at radius 1 is 1.14 bits per heavy atom. The summed E-state index contributed by atoms with van der Waals surface area (Å²) in [5.41, 5.74) is 2.58. The van der Waals surface area contributed by atoms with Gasteiger partial charge in [-0.2, -0.15) is 0 Å². The summed E-state index contributed by atoms with van der Waals surface area (Å²) in [6.07, 6.45) is 3.20. The number of ether oxygens (including phenoxy) is 2. The molecule has 1 aromatic rings. The van der Waals surface area contributed by atoms with Crippen molar-refractivity contribution in [2.45, 2.75) is 40.2 Å². The average Bonchev–Trinajstić information content (AvgIpc) is 2.67. The molecular weight excluding hydrogens is 262 g/mol. The van der Waals surface area contributed by atoms with E-state index in [1.165, 1.54) is 11.1 Å². The SMILES string of the molecule is CC(C)NCC(=Cc1ccc2c(c1)OCCCO2)C(C)C. The molecule has 1 aromatic carbocycles. The molecule has 3 nitrogen and oxygen atoms in total. The second-order valence-electron chi connectivity index (χ2n) is 6.17. The lowest BCUT2D eigenvalue weighted by Gasteiger charge is -2.15. The predicted octanol–water partition coefficient (Wildman–Crippen LogP) is 3.89. The van der Waals surface area contributed by atoms with Gasteiger partial charge >= 0.3 is 0 Å². The molecule has 1 aliphatic rings. The van der Waals surface area contributed by atoms with Crippen LogP contribution in [0.25, 0.3) is 6.08 Å². The van der Waals surface area contributed by atoms with E-state index in [1.54, 1.807) is 0 Å². The highest BCUT2D eigenvalue weighted by molar-refractivity contribution is 5.58. The summed E-state index contributed by atoms with van der Waals surface area (Å²) in [5.74, 6) is 2.24. The van der Waals surface area contributed by atoms with Gasteiger partial charge in [-0.15, -0.1) is 0 Å². The summed E-state index contributed by atoms with van der Waals surface area (Å²) in [4.78, 5) is 0. The zero-order valence-corrected chi connectivity index (χ0v) is 13.6. The first-order valence-electron chi connectivity index (χ1n) is 7.89. The molecule has 1 heterocycles. The molecule has 0 aliphatic carbocycles. The van der Waals surface area contributed by atoms with Crippen LogP contribution in [0.5, 0.6) is 11.5 Å². The Kier molecular flexibility index (Phi) is 5.68. The van der Waals surface area contributed by atoms with Crippen molar-refractivity contribution >= 4 is 6.08 Å². The van der Waals surface area contributed by atoms with Crippen molar-refractivity contribution in [3.8, 4) is 11.5 Å². The standard InChI is InChI=1S/C18H27NO2/c1-13(2)16(12-19-14(3)4)10-15-6-7-17-18(11-15)21-9-5-8-20-17/h6-7,10-11,13-14,19H,5,8-9,12H2,1-4H3. The van der Waals surface area contributed by atoms with Crippen molar-refractivity contribution in [2.24, 2.45) is 5.92 Å². The summed E-state index contributed by atoms with van der Waals surface area (Å²) < 4.78 is 11.4. The highest BCUT2D eigenvalue weighted by Gasteiger charge is 2.11. The van der Waals surface area contributed by atoms with Crippen molar-refractivity contribution in [1.82, 2.24) is 5.32 Å². The first kappa shape index (κ1) is 15.9. The summed E-state index contributed by atoms with van der Waals surface area (Å²) in [5, 5.41) is 3.50. The van der Waals surface area contributed by atoms with Crippen LogP contribution in [0, 0.1) is 5.92 Å². The minimum absolute atomic E-state index is 0.496. The summed E-state index contributed by atoms with van der Waals surface area (Å²) >= 11 is 0. The Labute approximate surface area is 128 Å². The van der Waals surface area contributed by atoms with Gasteiger partial charge in [0.2, 0.25) is 0 Å². The molecule has 0 unspecified atom stereocenters. The van der Waals surface area contributed by atoms with Gasteiger partial charge in [0.1, 0.15) is 0 Å². The van der Waals surface area contributed by atoms with Gasteiger partial charge in [0, 0.05) is 19.0 Å². The van der Waals surface area contributed by atoms with E-state index >= 15 is 0 Å². The molecule has 116 valence electrons. The van der Waals surface area contributed by atoms with Gasteiger partial charge in [-0.05, 0) is 23.6 Å². The molecule has 0 atom stereocenters. The number of hydrogen-bond acceptors (Lipinski definition) is 3. The molecule has 0 radical (unpaired) electrons. The van der Waals surface area contributed by atoms with E-state index in [1.807, 2.05) is 6.07 Å². The fourth-order valence-corrected chi connectivity index (χ4v) is 2.23. The highest BCUT2D eigenvalue weighted by atomic mass is 16.5. The first-order valence-corrected chi connectivity index (χ1v) is 7.89. The minimum Gasteiger partial charge on any atom is -0.490 e. The normalized spacial score (nSPS) is 15.4. The van der Waals surface area contributed by atoms with Gasteiger partial charge < -0.3 is 14.8 Å². The summed E-state index contributed by atoms with van der Waals surface area (Å²) in [7, 11) is 0. The van der Waals surface area contributed by atoms with E-state index < -0.39 is 0 Å². The molecule has 0 amide bonds. The van der Waals surface area contributed by atoms with E-state index in [4.69, 9.17) is 9.47 Å². The summed E-state index contributed by atoms with van der Waals surface area (Å²) in [6.45, 7) is 11.2. The lowest BCUT2D eigenvalue weighted by Crippen LogP contribution is -2.26. The fraction of sp³-hybridized carbons (Fsp3) is 0.556. The smallest absolute Gasteiger partial charge is 0.161 e. The maximum atomic E-state index is 5.76. The van der Waals surface area contributed by atoms with Crippen molar-refractivity contribution in [3.05, 3.63) is 29.3 Å². The minimum atomic E-state index is 0.496. The molecule has 0 saturated heterocycles. The third-order valence-corrected chi connectivity index (χ3v) is 3.58. The van der Waals surface area contributed by atoms with Crippen LogP contribution in [0.2, 0.25) is 0 Å². The van der Waals surface area contributed by atoms with Gasteiger partial charge in [0.05, 0.1) is 13.2 Å². The maximum Gasteiger partial charge on any atom is 0.161 e. The lowest BCUT2D eigenvalue weighted by molar-refractivity contribution is 0.297. The zero-order valence-electron chi connectivity index (χ0n) is 13.6. The second-order valence-corrected chi connectivity index (χ2v) is 6.17. The molecule has 1 aliphatic heterocycles. The molecule has 1 N–H and O–H groups in total. The van der Waals surface area contributed by atoms with E-state index in [-0.39, 0.29) is 0 Å². The molecule has 0 bridgehead atoms. The van der Waals surface area contributed by atoms with Gasteiger partial charge in [0.25, 0.3) is 0 Å². The van der Waals surface area contributed by atoms with Crippen LogP contribution in [-0.2, 0) is 0 Å². The maximum absolute atomic E-state index is 5.76. The van der Waals surface area contributed by atoms with Crippen LogP contribution < -0.4 is 14.8 Å². The number of hydrogen-bond donors (Lipinski definition) is 1. The van der Waals surface area contributed by atoms with Crippen molar-refractivity contribution in [1.29, 1.82) is 0 Å². The van der Waals surface area contributed by atoms with Gasteiger partial charge in [0.15, 0.2) is 11.5 Å². The largest absolute Gasteiger partial charge is 0.490 e. The molecule has 21 heavy (non-hydrogen) atoms. The van der Waals surface area contributed by atoms with E-state index in [9.17, 15) is 0 Å². The lowest BCUT2D eigenvalue weighted by atomic mass is 9.99. The molecule has 2 rings (SSSR count). The fourth-order valence-electron chi connectivity index (χ4n) is 2.23. The molecule has 0 aromatic heterocycles. The monoisotopic (exact) mass is 289 g/mol. The van der Waals surface area contributed by atoms with Gasteiger partial charge in [-0.25, -0.2) is 0 Å². The van der Waals surface area contributed by atoms with Crippen LogP contribution in [0.15, 0.2) is 23.8 Å². The molecule has 0 saturated carbocycles. The van der Waals surface area contributed by atoms with E-state index in [0.29, 0.717) is 12.0 Å². The molecule has 0 fully saturated rings. The third-order valence-electron chi connectivity index (χ3n) is 3.58. The van der Waals surface area contributed by atoms with E-state index in [0.717, 1.165) is 37.7 Å². The highest BCUT2D eigenvalue weighted by Crippen LogP contribution is 2.31. The Balaban J connectivity index is 2.19. The first-order chi connectivity index (χ1) is 10.1. The number of rotatable bonds is 5. The quantitative estimate of drug-likeness (QED) is 0.892. The Morgan fingerprint density at radius 3 is 2.52 bits per heavy atom. The molecular formula is C18H27NO2. The Morgan fingerprint density at radius 2 is 1.86 bits per heavy atom. The number of benzene rings is 1. The predicted molar refractivity (Wildman–Crippen MR) is 88.0 cm³/mol. The average molecular weight is 289 g/mol. The van der Waals surface area contributed by atoms with Crippen LogP contribution in [-0.4, -0.2) is 25.8 Å². The van der Waals surface area contributed by atoms with Crippen molar-refractivity contribution < 1.29 is 9.47 Å². The molecule has 3 heteroatoms. The second kappa shape index (κ2) is 7.51. The van der Waals surface area contributed by atoms with Crippen molar-refractivity contribution in [3.63, 3.8) is 0 Å².